The van der Waals surface area contributed by atoms with Crippen LogP contribution in [0.2, 0.25) is 0 Å². The van der Waals surface area contributed by atoms with Crippen molar-refractivity contribution in [3.63, 3.8) is 0 Å². The first kappa shape index (κ1) is 21.1. The fraction of sp³-hybridized carbons (Fsp3) is 0.318. The highest BCUT2D eigenvalue weighted by atomic mass is 32.2. The van der Waals surface area contributed by atoms with Crippen molar-refractivity contribution in [1.82, 2.24) is 14.9 Å². The lowest BCUT2D eigenvalue weighted by molar-refractivity contribution is -0.118. The number of aryl methyl sites for hydroxylation is 1. The van der Waals surface area contributed by atoms with Crippen LogP contribution in [0.5, 0.6) is 0 Å². The number of rotatable bonds is 10. The molecule has 0 saturated carbocycles. The Kier molecular flexibility index (Phi) is 7.84. The second-order valence-corrected chi connectivity index (χ2v) is 7.62. The Morgan fingerprint density at radius 2 is 1.83 bits per heavy atom. The Balaban J connectivity index is 1.58. The first-order valence-electron chi connectivity index (χ1n) is 9.73. The lowest BCUT2D eigenvalue weighted by Crippen LogP contribution is -2.28. The predicted molar refractivity (Wildman–Crippen MR) is 116 cm³/mol. The lowest BCUT2D eigenvalue weighted by atomic mass is 10.1. The zero-order valence-corrected chi connectivity index (χ0v) is 17.0. The Bertz CT molecular complexity index is 1010. The number of fused-ring (bicyclic) bond motifs is 1. The van der Waals surface area contributed by atoms with Gasteiger partial charge in [0.2, 0.25) is 5.91 Å². The molecule has 29 heavy (non-hydrogen) atoms. The van der Waals surface area contributed by atoms with Gasteiger partial charge in [0.15, 0.2) is 5.16 Å². The fourth-order valence-corrected chi connectivity index (χ4v) is 3.89. The number of para-hydroxylation sites is 1. The van der Waals surface area contributed by atoms with Gasteiger partial charge in [0.1, 0.15) is 0 Å². The molecule has 6 nitrogen and oxygen atoms in total. The maximum absolute atomic E-state index is 12.8. The molecule has 1 amide bonds. The second kappa shape index (κ2) is 10.8. The van der Waals surface area contributed by atoms with Crippen molar-refractivity contribution >= 4 is 28.6 Å². The maximum atomic E-state index is 12.8. The van der Waals surface area contributed by atoms with E-state index < -0.39 is 0 Å². The molecule has 2 N–H and O–H groups in total. The zero-order chi connectivity index (χ0) is 20.5. The van der Waals surface area contributed by atoms with E-state index in [0.717, 1.165) is 12.8 Å². The van der Waals surface area contributed by atoms with Gasteiger partial charge >= 0.3 is 0 Å². The van der Waals surface area contributed by atoms with Crippen molar-refractivity contribution in [3.8, 4) is 0 Å². The highest BCUT2D eigenvalue weighted by Gasteiger charge is 2.13. The molecule has 0 aliphatic carbocycles. The van der Waals surface area contributed by atoms with E-state index in [1.807, 2.05) is 24.3 Å². The van der Waals surface area contributed by atoms with E-state index in [1.165, 1.54) is 17.3 Å². The van der Waals surface area contributed by atoms with E-state index in [9.17, 15) is 9.59 Å². The number of aromatic nitrogens is 2. The van der Waals surface area contributed by atoms with Gasteiger partial charge in [-0.1, -0.05) is 54.2 Å². The molecule has 0 spiro atoms. The van der Waals surface area contributed by atoms with Crippen LogP contribution in [0.3, 0.4) is 0 Å². The molecule has 0 unspecified atom stereocenters. The maximum Gasteiger partial charge on any atom is 0.262 e. The van der Waals surface area contributed by atoms with Crippen molar-refractivity contribution < 1.29 is 9.90 Å². The molecule has 3 rings (SSSR count). The summed E-state index contributed by atoms with van der Waals surface area (Å²) in [6.45, 7) is 0.968. The monoisotopic (exact) mass is 411 g/mol. The summed E-state index contributed by atoms with van der Waals surface area (Å²) in [6, 6.07) is 17.3. The standard InChI is InChI=1S/C22H25N3O3S/c26-15-7-14-25-21(28)18-11-4-5-12-19(18)24-22(25)29-16-20(27)23-13-6-10-17-8-2-1-3-9-17/h1-5,8-9,11-12,26H,6-7,10,13-16H2,(H,23,27). The summed E-state index contributed by atoms with van der Waals surface area (Å²) in [5, 5.41) is 13.1. The molecule has 0 radical (unpaired) electrons. The number of hydrogen-bond donors (Lipinski definition) is 2. The highest BCUT2D eigenvalue weighted by molar-refractivity contribution is 7.99. The number of nitrogens with one attached hydrogen (secondary N) is 1. The van der Waals surface area contributed by atoms with Crippen LogP contribution in [0.1, 0.15) is 18.4 Å². The molecule has 0 fully saturated rings. The number of amides is 1. The van der Waals surface area contributed by atoms with E-state index in [2.05, 4.69) is 22.4 Å². The highest BCUT2D eigenvalue weighted by Crippen LogP contribution is 2.18. The van der Waals surface area contributed by atoms with E-state index in [0.29, 0.717) is 35.6 Å². The minimum Gasteiger partial charge on any atom is -0.396 e. The van der Waals surface area contributed by atoms with Crippen molar-refractivity contribution in [3.05, 3.63) is 70.5 Å². The Hall–Kier alpha value is -2.64. The van der Waals surface area contributed by atoms with Gasteiger partial charge in [-0.3, -0.25) is 14.2 Å². The van der Waals surface area contributed by atoms with Crippen molar-refractivity contribution in [2.24, 2.45) is 0 Å². The van der Waals surface area contributed by atoms with Crippen molar-refractivity contribution in [2.45, 2.75) is 31.0 Å². The van der Waals surface area contributed by atoms with Crippen LogP contribution in [0.4, 0.5) is 0 Å². The number of carbonyl (C=O) groups excluding carboxylic acids is 1. The molecular formula is C22H25N3O3S. The summed E-state index contributed by atoms with van der Waals surface area (Å²) < 4.78 is 1.55. The van der Waals surface area contributed by atoms with Gasteiger partial charge in [0.05, 0.1) is 16.7 Å². The fourth-order valence-electron chi connectivity index (χ4n) is 3.03. The Morgan fingerprint density at radius 3 is 2.62 bits per heavy atom. The summed E-state index contributed by atoms with van der Waals surface area (Å²) in [5.74, 6) is 0.106. The Labute approximate surface area is 174 Å². The smallest absolute Gasteiger partial charge is 0.262 e. The van der Waals surface area contributed by atoms with E-state index in [1.54, 1.807) is 22.8 Å². The van der Waals surface area contributed by atoms with Crippen LogP contribution in [-0.2, 0) is 17.8 Å². The zero-order valence-electron chi connectivity index (χ0n) is 16.2. The third-order valence-corrected chi connectivity index (χ3v) is 5.48. The van der Waals surface area contributed by atoms with Crippen molar-refractivity contribution in [2.75, 3.05) is 18.9 Å². The van der Waals surface area contributed by atoms with Crippen LogP contribution in [-0.4, -0.2) is 39.5 Å². The van der Waals surface area contributed by atoms with Gasteiger partial charge in [0.25, 0.3) is 5.56 Å². The summed E-state index contributed by atoms with van der Waals surface area (Å²) >= 11 is 1.25. The Morgan fingerprint density at radius 1 is 1.07 bits per heavy atom. The number of hydrogen-bond acceptors (Lipinski definition) is 5. The molecule has 1 aromatic heterocycles. The normalized spacial score (nSPS) is 10.9. The summed E-state index contributed by atoms with van der Waals surface area (Å²) in [4.78, 5) is 29.5. The number of thioether (sulfide) groups is 1. The average Bonchev–Trinajstić information content (AvgIpc) is 2.75. The molecule has 7 heteroatoms. The molecule has 0 atom stereocenters. The molecule has 2 aromatic carbocycles. The minimum atomic E-state index is -0.144. The minimum absolute atomic E-state index is 0.00866. The summed E-state index contributed by atoms with van der Waals surface area (Å²) in [6.07, 6.45) is 2.25. The van der Waals surface area contributed by atoms with Gasteiger partial charge in [-0.15, -0.1) is 0 Å². The largest absolute Gasteiger partial charge is 0.396 e. The first-order chi connectivity index (χ1) is 14.2. The van der Waals surface area contributed by atoms with Crippen LogP contribution in [0, 0.1) is 0 Å². The average molecular weight is 412 g/mol. The number of nitrogens with zero attached hydrogens (tertiary/aromatic N) is 2. The van der Waals surface area contributed by atoms with Crippen molar-refractivity contribution in [1.29, 1.82) is 0 Å². The van der Waals surface area contributed by atoms with Crippen LogP contribution in [0.15, 0.2) is 64.5 Å². The molecule has 0 aliphatic heterocycles. The first-order valence-corrected chi connectivity index (χ1v) is 10.7. The van der Waals surface area contributed by atoms with E-state index in [4.69, 9.17) is 5.11 Å². The number of aliphatic hydroxyl groups is 1. The molecule has 0 bridgehead atoms. The molecular weight excluding hydrogens is 386 g/mol. The second-order valence-electron chi connectivity index (χ2n) is 6.67. The third kappa shape index (κ3) is 5.92. The number of benzene rings is 2. The quantitative estimate of drug-likeness (QED) is 0.304. The van der Waals surface area contributed by atoms with Crippen LogP contribution >= 0.6 is 11.8 Å². The molecule has 3 aromatic rings. The van der Waals surface area contributed by atoms with Gasteiger partial charge in [-0.05, 0) is 37.0 Å². The van der Waals surface area contributed by atoms with E-state index >= 15 is 0 Å². The lowest BCUT2D eigenvalue weighted by Gasteiger charge is -2.12. The van der Waals surface area contributed by atoms with E-state index in [-0.39, 0.29) is 23.8 Å². The van der Waals surface area contributed by atoms with Crippen LogP contribution < -0.4 is 10.9 Å². The predicted octanol–water partition coefficient (Wildman–Crippen LogP) is 2.62. The summed E-state index contributed by atoms with van der Waals surface area (Å²) in [7, 11) is 0. The summed E-state index contributed by atoms with van der Waals surface area (Å²) in [5.41, 5.74) is 1.72. The van der Waals surface area contributed by atoms with Crippen LogP contribution in [0.25, 0.3) is 10.9 Å². The molecule has 0 aliphatic rings. The SMILES string of the molecule is O=C(CSc1nc2ccccc2c(=O)n1CCCO)NCCCc1ccccc1. The molecule has 152 valence electrons. The van der Waals surface area contributed by atoms with Gasteiger partial charge in [-0.25, -0.2) is 4.98 Å². The number of aliphatic hydroxyl groups excluding tert-OH is 1. The molecule has 0 saturated heterocycles. The van der Waals surface area contributed by atoms with Gasteiger partial charge in [-0.2, -0.15) is 0 Å². The molecule has 1 heterocycles. The topological polar surface area (TPSA) is 84.2 Å². The van der Waals surface area contributed by atoms with Gasteiger partial charge in [0, 0.05) is 19.7 Å². The van der Waals surface area contributed by atoms with Gasteiger partial charge < -0.3 is 10.4 Å². The third-order valence-electron chi connectivity index (χ3n) is 4.51. The number of carbonyl (C=O) groups is 1.